The van der Waals surface area contributed by atoms with Crippen LogP contribution >= 0.6 is 0 Å². The number of hydrogen-bond acceptors (Lipinski definition) is 4. The molecule has 0 bridgehead atoms. The molecule has 7 heteroatoms. The Morgan fingerprint density at radius 1 is 1.33 bits per heavy atom. The zero-order valence-corrected chi connectivity index (χ0v) is 11.2. The second kappa shape index (κ2) is 5.83. The molecule has 0 spiro atoms. The Bertz CT molecular complexity index is 511. The summed E-state index contributed by atoms with van der Waals surface area (Å²) in [5.74, 6) is 4.73. The molecule has 0 aromatic heterocycles. The van der Waals surface area contributed by atoms with E-state index in [4.69, 9.17) is 5.84 Å². The molecule has 0 atom stereocenters. The fourth-order valence-corrected chi connectivity index (χ4v) is 2.24. The Morgan fingerprint density at radius 3 is 2.33 bits per heavy atom. The van der Waals surface area contributed by atoms with E-state index in [0.717, 1.165) is 5.56 Å². The molecule has 0 aliphatic carbocycles. The predicted molar refractivity (Wildman–Crippen MR) is 70.3 cm³/mol. The molecule has 0 aliphatic rings. The van der Waals surface area contributed by atoms with Gasteiger partial charge in [0.2, 0.25) is 15.9 Å². The van der Waals surface area contributed by atoms with Gasteiger partial charge in [0.1, 0.15) is 0 Å². The van der Waals surface area contributed by atoms with Crippen LogP contribution in [0.4, 0.5) is 5.69 Å². The monoisotopic (exact) mass is 271 g/mol. The highest BCUT2D eigenvalue weighted by atomic mass is 32.2. The summed E-state index contributed by atoms with van der Waals surface area (Å²) >= 11 is 0. The highest BCUT2D eigenvalue weighted by molar-refractivity contribution is 7.92. The topological polar surface area (TPSA) is 92.5 Å². The Balaban J connectivity index is 2.86. The minimum absolute atomic E-state index is 0.0425. The van der Waals surface area contributed by atoms with Crippen molar-refractivity contribution in [1.82, 2.24) is 5.43 Å². The summed E-state index contributed by atoms with van der Waals surface area (Å²) < 4.78 is 24.5. The van der Waals surface area contributed by atoms with Gasteiger partial charge in [-0.05, 0) is 24.6 Å². The first-order valence-electron chi connectivity index (χ1n) is 5.45. The number of carbonyl (C=O) groups excluding carboxylic acids is 1. The first-order valence-corrected chi connectivity index (χ1v) is 7.06. The average molecular weight is 271 g/mol. The van der Waals surface area contributed by atoms with Gasteiger partial charge in [0.25, 0.3) is 0 Å². The first-order chi connectivity index (χ1) is 8.40. The molecule has 0 saturated carbocycles. The number of anilines is 1. The van der Waals surface area contributed by atoms with Gasteiger partial charge in [-0.25, -0.2) is 14.3 Å². The van der Waals surface area contributed by atoms with E-state index in [-0.39, 0.29) is 18.1 Å². The Kier molecular flexibility index (Phi) is 4.69. The lowest BCUT2D eigenvalue weighted by Crippen LogP contribution is -2.31. The molecule has 0 heterocycles. The fraction of sp³-hybridized carbons (Fsp3) is 0.364. The summed E-state index contributed by atoms with van der Waals surface area (Å²) in [6, 6.07) is 6.72. The van der Waals surface area contributed by atoms with Crippen LogP contribution in [0.1, 0.15) is 12.5 Å². The molecule has 1 aromatic rings. The van der Waals surface area contributed by atoms with Crippen LogP contribution in [0.2, 0.25) is 0 Å². The predicted octanol–water partition coefficient (Wildman–Crippen LogP) is 0.00490. The molecule has 18 heavy (non-hydrogen) atoms. The fourth-order valence-electron chi connectivity index (χ4n) is 1.41. The number of nitrogens with one attached hydrogen (secondary N) is 1. The number of benzene rings is 1. The third-order valence-electron chi connectivity index (χ3n) is 2.61. The first kappa shape index (κ1) is 14.5. The van der Waals surface area contributed by atoms with E-state index in [0.29, 0.717) is 5.69 Å². The number of sulfonamides is 1. The maximum atomic E-state index is 11.7. The minimum Gasteiger partial charge on any atom is -0.294 e. The van der Waals surface area contributed by atoms with Crippen LogP contribution in [-0.4, -0.2) is 27.1 Å². The number of hydrazine groups is 1. The number of amides is 1. The lowest BCUT2D eigenvalue weighted by atomic mass is 10.1. The third-order valence-corrected chi connectivity index (χ3v) is 4.38. The van der Waals surface area contributed by atoms with Gasteiger partial charge >= 0.3 is 0 Å². The van der Waals surface area contributed by atoms with E-state index in [1.807, 2.05) is 5.43 Å². The van der Waals surface area contributed by atoms with Crippen molar-refractivity contribution in [1.29, 1.82) is 0 Å². The Hall–Kier alpha value is -1.60. The number of nitrogens with zero attached hydrogens (tertiary/aromatic N) is 1. The summed E-state index contributed by atoms with van der Waals surface area (Å²) in [6.45, 7) is 1.59. The molecule has 0 aliphatic heterocycles. The van der Waals surface area contributed by atoms with Crippen LogP contribution in [0.15, 0.2) is 24.3 Å². The van der Waals surface area contributed by atoms with E-state index < -0.39 is 10.0 Å². The minimum atomic E-state index is -3.26. The second-order valence-corrected chi connectivity index (χ2v) is 6.07. The van der Waals surface area contributed by atoms with Crippen molar-refractivity contribution in [2.75, 3.05) is 17.1 Å². The van der Waals surface area contributed by atoms with Crippen molar-refractivity contribution in [3.8, 4) is 0 Å². The molecule has 1 aromatic carbocycles. The zero-order chi connectivity index (χ0) is 13.8. The number of nitrogens with two attached hydrogens (primary N) is 1. The van der Waals surface area contributed by atoms with Crippen LogP contribution in [0, 0.1) is 0 Å². The van der Waals surface area contributed by atoms with Crippen molar-refractivity contribution >= 4 is 21.6 Å². The van der Waals surface area contributed by atoms with Gasteiger partial charge in [-0.15, -0.1) is 0 Å². The van der Waals surface area contributed by atoms with Crippen LogP contribution in [-0.2, 0) is 21.2 Å². The van der Waals surface area contributed by atoms with Crippen LogP contribution in [0.25, 0.3) is 0 Å². The van der Waals surface area contributed by atoms with Gasteiger partial charge in [0.05, 0.1) is 17.9 Å². The Labute approximate surface area is 107 Å². The van der Waals surface area contributed by atoms with Crippen molar-refractivity contribution in [2.24, 2.45) is 5.84 Å². The quantitative estimate of drug-likeness (QED) is 0.448. The summed E-state index contributed by atoms with van der Waals surface area (Å²) in [7, 11) is -1.76. The van der Waals surface area contributed by atoms with Gasteiger partial charge in [-0.2, -0.15) is 0 Å². The van der Waals surface area contributed by atoms with Crippen molar-refractivity contribution in [3.63, 3.8) is 0 Å². The van der Waals surface area contributed by atoms with Gasteiger partial charge in [-0.3, -0.25) is 14.5 Å². The molecule has 0 unspecified atom stereocenters. The van der Waals surface area contributed by atoms with E-state index in [9.17, 15) is 13.2 Å². The number of carbonyl (C=O) groups is 1. The lowest BCUT2D eigenvalue weighted by Gasteiger charge is -2.18. The number of hydrogen-bond donors (Lipinski definition) is 2. The van der Waals surface area contributed by atoms with E-state index in [1.165, 1.54) is 11.4 Å². The molecule has 6 nitrogen and oxygen atoms in total. The van der Waals surface area contributed by atoms with Crippen molar-refractivity contribution in [2.45, 2.75) is 13.3 Å². The van der Waals surface area contributed by atoms with Crippen LogP contribution < -0.4 is 15.6 Å². The average Bonchev–Trinajstić information content (AvgIpc) is 2.38. The van der Waals surface area contributed by atoms with E-state index in [1.54, 1.807) is 31.2 Å². The SMILES string of the molecule is CCS(=O)(=O)N(C)c1ccc(CC(=O)NN)cc1. The smallest absolute Gasteiger partial charge is 0.238 e. The van der Waals surface area contributed by atoms with Gasteiger partial charge in [0, 0.05) is 7.05 Å². The molecule has 0 radical (unpaired) electrons. The van der Waals surface area contributed by atoms with Gasteiger partial charge < -0.3 is 0 Å². The summed E-state index contributed by atoms with van der Waals surface area (Å²) in [5.41, 5.74) is 3.37. The molecular formula is C11H17N3O3S. The summed E-state index contributed by atoms with van der Waals surface area (Å²) in [4.78, 5) is 11.1. The van der Waals surface area contributed by atoms with Gasteiger partial charge in [0.15, 0.2) is 0 Å². The largest absolute Gasteiger partial charge is 0.294 e. The molecule has 0 fully saturated rings. The standard InChI is InChI=1S/C11H17N3O3S/c1-3-18(16,17)14(2)10-6-4-9(5-7-10)8-11(15)13-12/h4-7H,3,8,12H2,1-2H3,(H,13,15). The highest BCUT2D eigenvalue weighted by Gasteiger charge is 2.15. The summed E-state index contributed by atoms with van der Waals surface area (Å²) in [5, 5.41) is 0. The molecular weight excluding hydrogens is 254 g/mol. The van der Waals surface area contributed by atoms with Gasteiger partial charge in [-0.1, -0.05) is 12.1 Å². The summed E-state index contributed by atoms with van der Waals surface area (Å²) in [6.07, 6.45) is 0.168. The van der Waals surface area contributed by atoms with Crippen molar-refractivity contribution < 1.29 is 13.2 Å². The second-order valence-electron chi connectivity index (χ2n) is 3.78. The molecule has 3 N–H and O–H groups in total. The number of rotatable bonds is 5. The lowest BCUT2D eigenvalue weighted by molar-refractivity contribution is -0.120. The Morgan fingerprint density at radius 2 is 1.89 bits per heavy atom. The molecule has 0 saturated heterocycles. The maximum absolute atomic E-state index is 11.7. The third kappa shape index (κ3) is 3.44. The van der Waals surface area contributed by atoms with E-state index in [2.05, 4.69) is 0 Å². The maximum Gasteiger partial charge on any atom is 0.238 e. The molecule has 100 valence electrons. The molecule has 1 amide bonds. The van der Waals surface area contributed by atoms with Crippen LogP contribution in [0.5, 0.6) is 0 Å². The normalized spacial score (nSPS) is 11.1. The zero-order valence-electron chi connectivity index (χ0n) is 10.4. The highest BCUT2D eigenvalue weighted by Crippen LogP contribution is 2.17. The van der Waals surface area contributed by atoms with E-state index >= 15 is 0 Å². The van der Waals surface area contributed by atoms with Crippen LogP contribution in [0.3, 0.4) is 0 Å². The molecule has 1 rings (SSSR count). The van der Waals surface area contributed by atoms with Crippen molar-refractivity contribution in [3.05, 3.63) is 29.8 Å².